The second-order valence-corrected chi connectivity index (χ2v) is 8.54. The average molecular weight is 403 g/mol. The largest absolute Gasteiger partial charge is 0.496 e. The highest BCUT2D eigenvalue weighted by Gasteiger charge is 2.30. The highest BCUT2D eigenvalue weighted by atomic mass is 32.2. The van der Waals surface area contributed by atoms with Gasteiger partial charge in [-0.05, 0) is 30.7 Å². The Bertz CT molecular complexity index is 1120. The highest BCUT2D eigenvalue weighted by Crippen LogP contribution is 2.26. The minimum absolute atomic E-state index is 0.276. The number of aryl methyl sites for hydroxylation is 2. The van der Waals surface area contributed by atoms with Crippen LogP contribution in [0.25, 0.3) is 11.2 Å². The minimum atomic E-state index is -3.57. The van der Waals surface area contributed by atoms with Crippen molar-refractivity contribution in [3.05, 3.63) is 30.1 Å². The van der Waals surface area contributed by atoms with E-state index >= 15 is 0 Å². The van der Waals surface area contributed by atoms with Gasteiger partial charge in [-0.3, -0.25) is 0 Å². The Balaban J connectivity index is 1.54. The zero-order chi connectivity index (χ0) is 19.9. The van der Waals surface area contributed by atoms with Crippen LogP contribution < -0.4 is 9.64 Å². The van der Waals surface area contributed by atoms with E-state index in [4.69, 9.17) is 4.74 Å². The molecule has 3 heterocycles. The van der Waals surface area contributed by atoms with Crippen molar-refractivity contribution in [1.29, 1.82) is 0 Å². The fourth-order valence-electron chi connectivity index (χ4n) is 3.37. The molecular formula is C17H21N7O3S. The summed E-state index contributed by atoms with van der Waals surface area (Å²) in [7, 11) is -0.230. The molecule has 11 heteroatoms. The third-order valence-corrected chi connectivity index (χ3v) is 6.81. The van der Waals surface area contributed by atoms with Gasteiger partial charge in [0.2, 0.25) is 10.0 Å². The van der Waals surface area contributed by atoms with Crippen LogP contribution in [0.15, 0.2) is 29.4 Å². The van der Waals surface area contributed by atoms with E-state index in [0.29, 0.717) is 48.9 Å². The first-order chi connectivity index (χ1) is 13.4. The summed E-state index contributed by atoms with van der Waals surface area (Å²) < 4.78 is 34.3. The van der Waals surface area contributed by atoms with Crippen LogP contribution in [-0.4, -0.2) is 71.0 Å². The van der Waals surface area contributed by atoms with Gasteiger partial charge < -0.3 is 9.64 Å². The smallest absolute Gasteiger partial charge is 0.243 e. The molecule has 0 bridgehead atoms. The molecule has 1 aromatic carbocycles. The Morgan fingerprint density at radius 3 is 2.54 bits per heavy atom. The maximum absolute atomic E-state index is 13.0. The Labute approximate surface area is 162 Å². The number of methoxy groups -OCH3 is 1. The third-order valence-electron chi connectivity index (χ3n) is 4.91. The van der Waals surface area contributed by atoms with E-state index in [1.165, 1.54) is 10.6 Å². The summed E-state index contributed by atoms with van der Waals surface area (Å²) in [6.45, 7) is 3.57. The standard InChI is InChI=1S/C17H21N7O3S/c1-12-10-13(4-5-14(12)27-3)28(25,26)24-8-6-23(7-9-24)17-15-16(18-11-19-17)22(2)21-20-15/h4-5,10-11H,6-9H2,1-3H3. The lowest BCUT2D eigenvalue weighted by Gasteiger charge is -2.34. The fraction of sp³-hybridized carbons (Fsp3) is 0.412. The quantitative estimate of drug-likeness (QED) is 0.623. The van der Waals surface area contributed by atoms with Gasteiger partial charge in [0.05, 0.1) is 12.0 Å². The van der Waals surface area contributed by atoms with Crippen molar-refractivity contribution in [2.24, 2.45) is 7.05 Å². The number of benzene rings is 1. The summed E-state index contributed by atoms with van der Waals surface area (Å²) >= 11 is 0. The molecule has 1 fully saturated rings. The number of rotatable bonds is 4. The molecule has 2 aromatic heterocycles. The van der Waals surface area contributed by atoms with Crippen LogP contribution in [0.1, 0.15) is 5.56 Å². The molecule has 0 spiro atoms. The van der Waals surface area contributed by atoms with Gasteiger partial charge in [0.15, 0.2) is 17.0 Å². The van der Waals surface area contributed by atoms with Crippen molar-refractivity contribution in [1.82, 2.24) is 29.3 Å². The number of sulfonamides is 1. The number of piperazine rings is 1. The van der Waals surface area contributed by atoms with Gasteiger partial charge in [-0.15, -0.1) is 5.10 Å². The normalized spacial score (nSPS) is 15.9. The summed E-state index contributed by atoms with van der Waals surface area (Å²) in [4.78, 5) is 10.8. The van der Waals surface area contributed by atoms with E-state index in [2.05, 4.69) is 20.3 Å². The van der Waals surface area contributed by atoms with Crippen molar-refractivity contribution in [2.75, 3.05) is 38.2 Å². The number of aromatic nitrogens is 5. The predicted octanol–water partition coefficient (Wildman–Crippen LogP) is 0.586. The molecule has 10 nitrogen and oxygen atoms in total. The maximum atomic E-state index is 13.0. The summed E-state index contributed by atoms with van der Waals surface area (Å²) in [5.74, 6) is 1.34. The van der Waals surface area contributed by atoms with Gasteiger partial charge in [0.25, 0.3) is 0 Å². The first-order valence-electron chi connectivity index (χ1n) is 8.82. The van der Waals surface area contributed by atoms with Crippen molar-refractivity contribution in [3.63, 3.8) is 0 Å². The van der Waals surface area contributed by atoms with Crippen molar-refractivity contribution in [3.8, 4) is 5.75 Å². The molecule has 0 amide bonds. The lowest BCUT2D eigenvalue weighted by atomic mass is 10.2. The van der Waals surface area contributed by atoms with E-state index in [0.717, 1.165) is 5.56 Å². The van der Waals surface area contributed by atoms with Crippen LogP contribution in [0, 0.1) is 6.92 Å². The summed E-state index contributed by atoms with van der Waals surface area (Å²) in [5.41, 5.74) is 2.05. The first kappa shape index (κ1) is 18.6. The molecule has 0 N–H and O–H groups in total. The minimum Gasteiger partial charge on any atom is -0.496 e. The first-order valence-corrected chi connectivity index (χ1v) is 10.3. The summed E-state index contributed by atoms with van der Waals surface area (Å²) in [6.07, 6.45) is 1.48. The molecule has 0 unspecified atom stereocenters. The molecular weight excluding hydrogens is 382 g/mol. The van der Waals surface area contributed by atoms with E-state index in [-0.39, 0.29) is 4.90 Å². The lowest BCUT2D eigenvalue weighted by molar-refractivity contribution is 0.383. The van der Waals surface area contributed by atoms with E-state index in [1.54, 1.807) is 37.0 Å². The van der Waals surface area contributed by atoms with Gasteiger partial charge in [-0.2, -0.15) is 4.31 Å². The van der Waals surface area contributed by atoms with Crippen molar-refractivity contribution >= 4 is 27.0 Å². The van der Waals surface area contributed by atoms with E-state index < -0.39 is 10.0 Å². The lowest BCUT2D eigenvalue weighted by Crippen LogP contribution is -2.49. The average Bonchev–Trinajstić information content (AvgIpc) is 3.09. The Hall–Kier alpha value is -2.79. The van der Waals surface area contributed by atoms with Gasteiger partial charge in [-0.25, -0.2) is 23.1 Å². The van der Waals surface area contributed by atoms with Crippen molar-refractivity contribution < 1.29 is 13.2 Å². The number of hydrogen-bond donors (Lipinski definition) is 0. The van der Waals surface area contributed by atoms with Crippen LogP contribution in [0.5, 0.6) is 5.75 Å². The van der Waals surface area contributed by atoms with Crippen LogP contribution in [0.2, 0.25) is 0 Å². The predicted molar refractivity (Wildman–Crippen MR) is 103 cm³/mol. The molecule has 1 aliphatic heterocycles. The molecule has 0 aliphatic carbocycles. The molecule has 4 rings (SSSR count). The number of hydrogen-bond acceptors (Lipinski definition) is 8. The molecule has 0 atom stereocenters. The Morgan fingerprint density at radius 1 is 1.11 bits per heavy atom. The molecule has 1 saturated heterocycles. The van der Waals surface area contributed by atoms with E-state index in [9.17, 15) is 8.42 Å². The molecule has 1 aliphatic rings. The van der Waals surface area contributed by atoms with Crippen LogP contribution in [0.3, 0.4) is 0 Å². The molecule has 28 heavy (non-hydrogen) atoms. The summed E-state index contributed by atoms with van der Waals surface area (Å²) in [6, 6.07) is 4.92. The number of ether oxygens (including phenoxy) is 1. The monoisotopic (exact) mass is 403 g/mol. The van der Waals surface area contributed by atoms with Gasteiger partial charge >= 0.3 is 0 Å². The third kappa shape index (κ3) is 3.06. The van der Waals surface area contributed by atoms with Crippen LogP contribution in [-0.2, 0) is 17.1 Å². The zero-order valence-corrected chi connectivity index (χ0v) is 16.7. The highest BCUT2D eigenvalue weighted by molar-refractivity contribution is 7.89. The maximum Gasteiger partial charge on any atom is 0.243 e. The Kier molecular flexibility index (Phi) is 4.63. The van der Waals surface area contributed by atoms with Gasteiger partial charge in [-0.1, -0.05) is 5.21 Å². The molecule has 3 aromatic rings. The second kappa shape index (κ2) is 6.99. The van der Waals surface area contributed by atoms with Crippen LogP contribution >= 0.6 is 0 Å². The Morgan fingerprint density at radius 2 is 1.86 bits per heavy atom. The zero-order valence-electron chi connectivity index (χ0n) is 15.9. The van der Waals surface area contributed by atoms with Gasteiger partial charge in [0, 0.05) is 33.2 Å². The molecule has 0 saturated carbocycles. The van der Waals surface area contributed by atoms with Crippen LogP contribution in [0.4, 0.5) is 5.82 Å². The molecule has 148 valence electrons. The SMILES string of the molecule is COc1ccc(S(=O)(=O)N2CCN(c3ncnc4c3nnn4C)CC2)cc1C. The number of nitrogens with zero attached hydrogens (tertiary/aromatic N) is 7. The van der Waals surface area contributed by atoms with E-state index in [1.807, 2.05) is 11.8 Å². The topological polar surface area (TPSA) is 106 Å². The summed E-state index contributed by atoms with van der Waals surface area (Å²) in [5, 5.41) is 8.13. The second-order valence-electron chi connectivity index (χ2n) is 6.61. The molecule has 0 radical (unpaired) electrons. The number of fused-ring (bicyclic) bond motifs is 1. The number of anilines is 1. The van der Waals surface area contributed by atoms with Crippen molar-refractivity contribution in [2.45, 2.75) is 11.8 Å². The fourth-order valence-corrected chi connectivity index (χ4v) is 4.88. The van der Waals surface area contributed by atoms with Gasteiger partial charge in [0.1, 0.15) is 12.1 Å².